The lowest BCUT2D eigenvalue weighted by molar-refractivity contribution is 0.245. The van der Waals surface area contributed by atoms with E-state index in [4.69, 9.17) is 9.84 Å². The highest BCUT2D eigenvalue weighted by Crippen LogP contribution is 2.04. The molecule has 0 aliphatic heterocycles. The van der Waals surface area contributed by atoms with Crippen molar-refractivity contribution in [1.29, 1.82) is 0 Å². The Morgan fingerprint density at radius 3 is 2.86 bits per heavy atom. The molecule has 0 spiro atoms. The summed E-state index contributed by atoms with van der Waals surface area (Å²) in [5.41, 5.74) is 0.521. The van der Waals surface area contributed by atoms with Gasteiger partial charge in [0.1, 0.15) is 6.61 Å². The van der Waals surface area contributed by atoms with E-state index in [0.717, 1.165) is 6.54 Å². The van der Waals surface area contributed by atoms with Crippen LogP contribution >= 0.6 is 0 Å². The summed E-state index contributed by atoms with van der Waals surface area (Å²) in [5.74, 6) is 0.457. The maximum Gasteiger partial charge on any atom is 0.232 e. The zero-order valence-electron chi connectivity index (χ0n) is 8.47. The van der Waals surface area contributed by atoms with E-state index in [-0.39, 0.29) is 6.61 Å². The van der Waals surface area contributed by atoms with Gasteiger partial charge >= 0.3 is 0 Å². The van der Waals surface area contributed by atoms with Gasteiger partial charge in [-0.05, 0) is 14.1 Å². The minimum Gasteiger partial charge on any atom is -0.475 e. The average Bonchev–Trinajstić information content (AvgIpc) is 2.18. The topological polar surface area (TPSA) is 58.5 Å². The highest BCUT2D eigenvalue weighted by atomic mass is 16.5. The van der Waals surface area contributed by atoms with Crippen LogP contribution in [-0.4, -0.2) is 47.2 Å². The summed E-state index contributed by atoms with van der Waals surface area (Å²) >= 11 is 0. The van der Waals surface area contributed by atoms with E-state index in [1.54, 1.807) is 0 Å². The summed E-state index contributed by atoms with van der Waals surface area (Å²) in [6.07, 6.45) is 3.05. The highest BCUT2D eigenvalue weighted by Gasteiger charge is 1.98. The molecule has 0 aliphatic carbocycles. The minimum atomic E-state index is -0.113. The molecular weight excluding hydrogens is 182 g/mol. The fraction of sp³-hybridized carbons (Fsp3) is 0.556. The van der Waals surface area contributed by atoms with E-state index in [1.165, 1.54) is 12.4 Å². The van der Waals surface area contributed by atoms with Crippen molar-refractivity contribution in [2.24, 2.45) is 0 Å². The molecule has 0 unspecified atom stereocenters. The summed E-state index contributed by atoms with van der Waals surface area (Å²) in [6.45, 7) is 1.28. The van der Waals surface area contributed by atoms with E-state index in [2.05, 4.69) is 9.97 Å². The molecule has 0 aliphatic rings. The second kappa shape index (κ2) is 5.51. The molecule has 1 aromatic rings. The molecule has 1 N–H and O–H groups in total. The van der Waals surface area contributed by atoms with Gasteiger partial charge < -0.3 is 14.7 Å². The molecule has 5 nitrogen and oxygen atoms in total. The molecule has 14 heavy (non-hydrogen) atoms. The Morgan fingerprint density at radius 2 is 2.21 bits per heavy atom. The SMILES string of the molecule is CN(C)CCOc1cncc(CO)n1. The number of likely N-dealkylation sites (N-methyl/N-ethyl adjacent to an activating group) is 1. The highest BCUT2D eigenvalue weighted by molar-refractivity contribution is 5.07. The molecular formula is C9H15N3O2. The minimum absolute atomic E-state index is 0.113. The zero-order chi connectivity index (χ0) is 10.4. The van der Waals surface area contributed by atoms with Gasteiger partial charge in [-0.2, -0.15) is 0 Å². The number of hydrogen-bond acceptors (Lipinski definition) is 5. The van der Waals surface area contributed by atoms with Gasteiger partial charge in [0.25, 0.3) is 0 Å². The van der Waals surface area contributed by atoms with E-state index in [0.29, 0.717) is 18.2 Å². The van der Waals surface area contributed by atoms with Crippen molar-refractivity contribution in [1.82, 2.24) is 14.9 Å². The largest absolute Gasteiger partial charge is 0.475 e. The normalized spacial score (nSPS) is 10.6. The second-order valence-electron chi connectivity index (χ2n) is 3.16. The number of hydrogen-bond donors (Lipinski definition) is 1. The fourth-order valence-corrected chi connectivity index (χ4v) is 0.865. The Kier molecular flexibility index (Phi) is 4.28. The maximum absolute atomic E-state index is 8.81. The van der Waals surface area contributed by atoms with Crippen LogP contribution in [0.2, 0.25) is 0 Å². The Morgan fingerprint density at radius 1 is 1.43 bits per heavy atom. The van der Waals surface area contributed by atoms with Crippen LogP contribution < -0.4 is 4.74 Å². The quantitative estimate of drug-likeness (QED) is 0.715. The van der Waals surface area contributed by atoms with E-state index < -0.39 is 0 Å². The maximum atomic E-state index is 8.81. The zero-order valence-corrected chi connectivity index (χ0v) is 8.47. The predicted octanol–water partition coefficient (Wildman–Crippen LogP) is -0.0907. The summed E-state index contributed by atoms with van der Waals surface area (Å²) < 4.78 is 5.33. The van der Waals surface area contributed by atoms with Gasteiger partial charge in [-0.25, -0.2) is 4.98 Å². The molecule has 0 saturated heterocycles. The molecule has 78 valence electrons. The number of nitrogens with zero attached hydrogens (tertiary/aromatic N) is 3. The summed E-state index contributed by atoms with van der Waals surface area (Å²) in [4.78, 5) is 9.94. The van der Waals surface area contributed by atoms with Crippen LogP contribution in [0.5, 0.6) is 5.88 Å². The average molecular weight is 197 g/mol. The first-order chi connectivity index (χ1) is 6.72. The Balaban J connectivity index is 2.42. The lowest BCUT2D eigenvalue weighted by atomic mass is 10.5. The van der Waals surface area contributed by atoms with Gasteiger partial charge in [0, 0.05) is 6.54 Å². The molecule has 5 heteroatoms. The third-order valence-corrected chi connectivity index (χ3v) is 1.61. The molecule has 1 rings (SSSR count). The van der Waals surface area contributed by atoms with Crippen molar-refractivity contribution in [3.05, 3.63) is 18.1 Å². The summed E-state index contributed by atoms with van der Waals surface area (Å²) in [6, 6.07) is 0. The molecule has 1 heterocycles. The standard InChI is InChI=1S/C9H15N3O2/c1-12(2)3-4-14-9-6-10-5-8(7-13)11-9/h5-6,13H,3-4,7H2,1-2H3. The van der Waals surface area contributed by atoms with Gasteiger partial charge in [0.15, 0.2) is 0 Å². The van der Waals surface area contributed by atoms with Crippen molar-refractivity contribution < 1.29 is 9.84 Å². The Labute approximate surface area is 83.4 Å². The molecule has 0 bridgehead atoms. The van der Waals surface area contributed by atoms with Crippen LogP contribution in [0, 0.1) is 0 Å². The van der Waals surface area contributed by atoms with Gasteiger partial charge in [-0.15, -0.1) is 0 Å². The van der Waals surface area contributed by atoms with E-state index in [1.807, 2.05) is 19.0 Å². The third-order valence-electron chi connectivity index (χ3n) is 1.61. The first kappa shape index (κ1) is 10.9. The molecule has 0 fully saturated rings. The Hall–Kier alpha value is -1.20. The van der Waals surface area contributed by atoms with Crippen LogP contribution in [0.3, 0.4) is 0 Å². The smallest absolute Gasteiger partial charge is 0.232 e. The van der Waals surface area contributed by atoms with Crippen molar-refractivity contribution in [3.8, 4) is 5.88 Å². The summed E-state index contributed by atoms with van der Waals surface area (Å²) in [5, 5.41) is 8.81. The lowest BCUT2D eigenvalue weighted by Gasteiger charge is -2.10. The third kappa shape index (κ3) is 3.68. The van der Waals surface area contributed by atoms with Crippen LogP contribution in [0.25, 0.3) is 0 Å². The van der Waals surface area contributed by atoms with Gasteiger partial charge in [-0.3, -0.25) is 4.98 Å². The van der Waals surface area contributed by atoms with Crippen molar-refractivity contribution in [2.45, 2.75) is 6.61 Å². The molecule has 1 aromatic heterocycles. The number of ether oxygens (including phenoxy) is 1. The van der Waals surface area contributed by atoms with E-state index >= 15 is 0 Å². The van der Waals surface area contributed by atoms with E-state index in [9.17, 15) is 0 Å². The van der Waals surface area contributed by atoms with Crippen LogP contribution in [0.1, 0.15) is 5.69 Å². The van der Waals surface area contributed by atoms with Gasteiger partial charge in [-0.1, -0.05) is 0 Å². The van der Waals surface area contributed by atoms with Gasteiger partial charge in [0.05, 0.1) is 24.7 Å². The molecule has 0 amide bonds. The summed E-state index contributed by atoms with van der Waals surface area (Å²) in [7, 11) is 3.94. The molecule has 0 aromatic carbocycles. The number of aromatic nitrogens is 2. The van der Waals surface area contributed by atoms with Crippen LogP contribution in [0.4, 0.5) is 0 Å². The number of aliphatic hydroxyl groups is 1. The van der Waals surface area contributed by atoms with Gasteiger partial charge in [0.2, 0.25) is 5.88 Å². The van der Waals surface area contributed by atoms with Crippen molar-refractivity contribution in [2.75, 3.05) is 27.2 Å². The molecule has 0 saturated carbocycles. The first-order valence-corrected chi connectivity index (χ1v) is 4.41. The number of rotatable bonds is 5. The molecule has 0 radical (unpaired) electrons. The second-order valence-corrected chi connectivity index (χ2v) is 3.16. The monoisotopic (exact) mass is 197 g/mol. The number of aliphatic hydroxyl groups excluding tert-OH is 1. The lowest BCUT2D eigenvalue weighted by Crippen LogP contribution is -2.19. The Bertz CT molecular complexity index is 279. The fourth-order valence-electron chi connectivity index (χ4n) is 0.865. The van der Waals surface area contributed by atoms with Crippen molar-refractivity contribution in [3.63, 3.8) is 0 Å². The first-order valence-electron chi connectivity index (χ1n) is 4.41. The molecule has 0 atom stereocenters. The van der Waals surface area contributed by atoms with Crippen molar-refractivity contribution >= 4 is 0 Å². The van der Waals surface area contributed by atoms with Crippen LogP contribution in [0.15, 0.2) is 12.4 Å². The predicted molar refractivity (Wildman–Crippen MR) is 52.0 cm³/mol. The van der Waals surface area contributed by atoms with Crippen LogP contribution in [-0.2, 0) is 6.61 Å².